The first-order valence-corrected chi connectivity index (χ1v) is 14.7. The molecule has 4 aliphatic carbocycles. The zero-order valence-corrected chi connectivity index (χ0v) is 23.8. The highest BCUT2D eigenvalue weighted by atomic mass is 16.6. The molecule has 8 heteroatoms. The number of nitrogens with zero attached hydrogens (tertiary/aromatic N) is 1. The van der Waals surface area contributed by atoms with E-state index in [1.165, 1.54) is 5.57 Å². The number of aliphatic hydroxyl groups is 1. The molecule has 8 nitrogen and oxygen atoms in total. The highest BCUT2D eigenvalue weighted by Gasteiger charge is 2.65. The van der Waals surface area contributed by atoms with Crippen molar-refractivity contribution in [1.82, 2.24) is 5.32 Å². The van der Waals surface area contributed by atoms with Crippen molar-refractivity contribution in [3.63, 3.8) is 0 Å². The van der Waals surface area contributed by atoms with Crippen LogP contribution in [0.25, 0.3) is 0 Å². The third-order valence-corrected chi connectivity index (χ3v) is 11.0. The van der Waals surface area contributed by atoms with Gasteiger partial charge in [0.1, 0.15) is 11.6 Å². The zero-order valence-electron chi connectivity index (χ0n) is 23.8. The molecule has 1 amide bonds. The van der Waals surface area contributed by atoms with Crippen molar-refractivity contribution in [2.24, 2.45) is 33.7 Å². The van der Waals surface area contributed by atoms with E-state index in [2.05, 4.69) is 30.4 Å². The summed E-state index contributed by atoms with van der Waals surface area (Å²) in [5.41, 5.74) is 1.54. The van der Waals surface area contributed by atoms with E-state index in [1.54, 1.807) is 6.92 Å². The predicted molar refractivity (Wildman–Crippen MR) is 150 cm³/mol. The van der Waals surface area contributed by atoms with E-state index in [9.17, 15) is 24.6 Å². The summed E-state index contributed by atoms with van der Waals surface area (Å²) in [5, 5.41) is 27.7. The molecule has 0 aliphatic heterocycles. The fourth-order valence-corrected chi connectivity index (χ4v) is 8.70. The smallest absolute Gasteiger partial charge is 0.326 e. The summed E-state index contributed by atoms with van der Waals surface area (Å²) in [6.45, 7) is 5.72. The van der Waals surface area contributed by atoms with Gasteiger partial charge in [-0.25, -0.2) is 4.79 Å². The van der Waals surface area contributed by atoms with Crippen molar-refractivity contribution >= 4 is 23.4 Å². The number of allylic oxidation sites excluding steroid dienone is 2. The van der Waals surface area contributed by atoms with Crippen LogP contribution in [0, 0.1) is 28.6 Å². The van der Waals surface area contributed by atoms with Gasteiger partial charge in [0, 0.05) is 11.8 Å². The molecule has 0 heterocycles. The van der Waals surface area contributed by atoms with Crippen molar-refractivity contribution in [2.45, 2.75) is 90.2 Å². The van der Waals surface area contributed by atoms with Gasteiger partial charge in [0.15, 0.2) is 12.4 Å². The molecule has 1 aromatic carbocycles. The van der Waals surface area contributed by atoms with E-state index in [0.717, 1.165) is 56.2 Å². The second kappa shape index (κ2) is 10.8. The van der Waals surface area contributed by atoms with Gasteiger partial charge in [0.05, 0.1) is 5.71 Å². The lowest BCUT2D eigenvalue weighted by molar-refractivity contribution is -0.159. The number of fused-ring (bicyclic) bond motifs is 5. The number of aliphatic carboxylic acids is 1. The maximum absolute atomic E-state index is 12.5. The van der Waals surface area contributed by atoms with Crippen LogP contribution in [-0.4, -0.2) is 51.8 Å². The normalized spacial score (nSPS) is 36.5. The minimum atomic E-state index is -1.19. The predicted octanol–water partition coefficient (Wildman–Crippen LogP) is 4.45. The molecule has 1 aromatic rings. The van der Waals surface area contributed by atoms with E-state index in [0.29, 0.717) is 24.2 Å². The maximum Gasteiger partial charge on any atom is 0.326 e. The van der Waals surface area contributed by atoms with Crippen molar-refractivity contribution in [3.8, 4) is 0 Å². The van der Waals surface area contributed by atoms with Crippen LogP contribution in [0.1, 0.15) is 77.7 Å². The summed E-state index contributed by atoms with van der Waals surface area (Å²) in [6, 6.07) is 8.14. The van der Waals surface area contributed by atoms with Crippen LogP contribution in [0.3, 0.4) is 0 Å². The van der Waals surface area contributed by atoms with Crippen LogP contribution < -0.4 is 5.32 Å². The standard InChI is InChI=1S/C32H42N2O6/c1-20(35)32(39)16-13-26-24-10-9-22-18-23(11-14-30(22,2)25(24)12-15-31(26,32)3)34-40-19-28(36)33-27(29(37)38)17-21-7-5-4-6-8-21/h4-8,18,24-27,39H,9-17,19H2,1-3H3,(H,33,36)(H,37,38)/b34-23+/t24-,25+,26+,27-,30+,31+,32+/m1/s1. The van der Waals surface area contributed by atoms with Crippen molar-refractivity contribution in [3.05, 3.63) is 47.5 Å². The molecule has 0 bridgehead atoms. The molecule has 0 radical (unpaired) electrons. The van der Waals surface area contributed by atoms with Crippen molar-refractivity contribution in [2.75, 3.05) is 6.61 Å². The highest BCUT2D eigenvalue weighted by Crippen LogP contribution is 2.67. The number of Topliss-reactive ketones (excluding diaryl/α,β-unsaturated/α-hetero) is 1. The summed E-state index contributed by atoms with van der Waals surface area (Å²) in [5.74, 6) is -0.306. The maximum atomic E-state index is 12.5. The third kappa shape index (κ3) is 4.89. The zero-order chi connectivity index (χ0) is 28.7. The number of carboxylic acid groups (broad SMARTS) is 1. The summed E-state index contributed by atoms with van der Waals surface area (Å²) < 4.78 is 0. The lowest BCUT2D eigenvalue weighted by atomic mass is 9.46. The Balaban J connectivity index is 1.20. The highest BCUT2D eigenvalue weighted by molar-refractivity contribution is 5.96. The molecule has 5 rings (SSSR count). The van der Waals surface area contributed by atoms with Crippen LogP contribution in [0.4, 0.5) is 0 Å². The summed E-state index contributed by atoms with van der Waals surface area (Å²) in [4.78, 5) is 41.9. The first-order valence-electron chi connectivity index (χ1n) is 14.7. The fourth-order valence-electron chi connectivity index (χ4n) is 8.70. The van der Waals surface area contributed by atoms with Gasteiger partial charge in [-0.3, -0.25) is 9.59 Å². The molecule has 7 atom stereocenters. The Morgan fingerprint density at radius 2 is 1.77 bits per heavy atom. The second-order valence-corrected chi connectivity index (χ2v) is 12.9. The Kier molecular flexibility index (Phi) is 7.68. The topological polar surface area (TPSA) is 125 Å². The second-order valence-electron chi connectivity index (χ2n) is 12.9. The summed E-state index contributed by atoms with van der Waals surface area (Å²) >= 11 is 0. The number of carbonyl (C=O) groups excluding carboxylic acids is 2. The van der Waals surface area contributed by atoms with Crippen LogP contribution >= 0.6 is 0 Å². The van der Waals surface area contributed by atoms with E-state index < -0.39 is 23.5 Å². The van der Waals surface area contributed by atoms with Crippen LogP contribution in [0.2, 0.25) is 0 Å². The number of amides is 1. The third-order valence-electron chi connectivity index (χ3n) is 11.0. The molecule has 40 heavy (non-hydrogen) atoms. The van der Waals surface area contributed by atoms with E-state index in [4.69, 9.17) is 4.84 Å². The first kappa shape index (κ1) is 28.5. The molecule has 0 spiro atoms. The lowest BCUT2D eigenvalue weighted by Gasteiger charge is -2.59. The Hall–Kier alpha value is -3.00. The van der Waals surface area contributed by atoms with Crippen molar-refractivity contribution in [1.29, 1.82) is 0 Å². The van der Waals surface area contributed by atoms with Gasteiger partial charge in [-0.2, -0.15) is 0 Å². The molecule has 3 N–H and O–H groups in total. The Morgan fingerprint density at radius 3 is 2.48 bits per heavy atom. The van der Waals surface area contributed by atoms with Gasteiger partial charge in [-0.05, 0) is 93.1 Å². The van der Waals surface area contributed by atoms with Gasteiger partial charge >= 0.3 is 5.97 Å². The lowest BCUT2D eigenvalue weighted by Crippen LogP contribution is -2.57. The molecular formula is C32H42N2O6. The summed E-state index contributed by atoms with van der Waals surface area (Å²) in [6.07, 6.45) is 9.42. The van der Waals surface area contributed by atoms with E-state index in [-0.39, 0.29) is 29.6 Å². The van der Waals surface area contributed by atoms with E-state index >= 15 is 0 Å². The van der Waals surface area contributed by atoms with Gasteiger partial charge < -0.3 is 20.4 Å². The number of nitrogens with one attached hydrogen (secondary N) is 1. The van der Waals surface area contributed by atoms with Gasteiger partial charge in [-0.1, -0.05) is 54.9 Å². The Bertz CT molecular complexity index is 1230. The van der Waals surface area contributed by atoms with Crippen LogP contribution in [0.15, 0.2) is 47.1 Å². The molecule has 3 fully saturated rings. The summed E-state index contributed by atoms with van der Waals surface area (Å²) in [7, 11) is 0. The number of hydrogen-bond donors (Lipinski definition) is 3. The van der Waals surface area contributed by atoms with Gasteiger partial charge in [0.25, 0.3) is 5.91 Å². The minimum absolute atomic E-state index is 0.0592. The molecule has 0 saturated heterocycles. The molecule has 0 unspecified atom stereocenters. The van der Waals surface area contributed by atoms with Gasteiger partial charge in [-0.15, -0.1) is 0 Å². The minimum Gasteiger partial charge on any atom is -0.480 e. The average molecular weight is 551 g/mol. The molecular weight excluding hydrogens is 508 g/mol. The molecule has 0 aromatic heterocycles. The average Bonchev–Trinajstić information content (AvgIpc) is 3.20. The number of hydrogen-bond acceptors (Lipinski definition) is 6. The molecule has 216 valence electrons. The quantitative estimate of drug-likeness (QED) is 0.411. The monoisotopic (exact) mass is 550 g/mol. The fraction of sp³-hybridized carbons (Fsp3) is 0.625. The molecule has 3 saturated carbocycles. The number of oxime groups is 1. The number of benzene rings is 1. The Morgan fingerprint density at radius 1 is 1.05 bits per heavy atom. The Labute approximate surface area is 236 Å². The van der Waals surface area contributed by atoms with Gasteiger partial charge in [0.2, 0.25) is 0 Å². The van der Waals surface area contributed by atoms with E-state index in [1.807, 2.05) is 30.3 Å². The first-order chi connectivity index (χ1) is 19.0. The number of carbonyl (C=O) groups is 3. The number of carboxylic acids is 1. The SMILES string of the molecule is CC(=O)[C@@]1(O)CC[C@H]2[C@@H]3CCC4=C/C(=N/OCC(=O)N[C@H](Cc5ccccc5)C(=O)O)CC[C@]4(C)[C@H]3CC[C@@]21C. The number of ketones is 1. The number of rotatable bonds is 8. The van der Waals surface area contributed by atoms with Crippen LogP contribution in [0.5, 0.6) is 0 Å². The van der Waals surface area contributed by atoms with Crippen molar-refractivity contribution < 1.29 is 29.4 Å². The molecule has 4 aliphatic rings. The largest absolute Gasteiger partial charge is 0.480 e. The van der Waals surface area contributed by atoms with Crippen LogP contribution in [-0.2, 0) is 25.6 Å².